The smallest absolute Gasteiger partial charge is 0.0474 e. The van der Waals surface area contributed by atoms with E-state index in [1.165, 1.54) is 19.3 Å². The van der Waals surface area contributed by atoms with Crippen molar-refractivity contribution >= 4 is 0 Å². The van der Waals surface area contributed by atoms with Crippen molar-refractivity contribution in [1.82, 2.24) is 0 Å². The van der Waals surface area contributed by atoms with E-state index in [2.05, 4.69) is 62.3 Å². The number of hydrogen-bond donors (Lipinski definition) is 0. The minimum Gasteiger partial charge on any atom is -0.0651 e. The lowest BCUT2D eigenvalue weighted by atomic mass is 10.2. The van der Waals surface area contributed by atoms with Gasteiger partial charge in [-0.25, -0.2) is 0 Å². The normalized spacial score (nSPS) is 9.14. The first kappa shape index (κ1) is 25.2. The maximum atomic E-state index is 2.22. The Morgan fingerprint density at radius 2 is 0.524 bits per heavy atom. The van der Waals surface area contributed by atoms with Crippen molar-refractivity contribution in [2.45, 2.75) is 81.6 Å². The highest BCUT2D eigenvalue weighted by molar-refractivity contribution is 4.99. The molecule has 0 unspecified atom stereocenters. The highest BCUT2D eigenvalue weighted by Crippen LogP contribution is 1.94. The van der Waals surface area contributed by atoms with Crippen molar-refractivity contribution < 1.29 is 0 Å². The Labute approximate surface area is 136 Å². The van der Waals surface area contributed by atoms with E-state index in [9.17, 15) is 0 Å². The zero-order chi connectivity index (χ0) is 17.1. The van der Waals surface area contributed by atoms with E-state index in [0.717, 1.165) is 17.8 Å². The van der Waals surface area contributed by atoms with Crippen LogP contribution in [0.25, 0.3) is 0 Å². The molecule has 1 rings (SSSR count). The zero-order valence-corrected chi connectivity index (χ0v) is 16.3. The van der Waals surface area contributed by atoms with Crippen LogP contribution in [0.2, 0.25) is 0 Å². The van der Waals surface area contributed by atoms with Gasteiger partial charge in [-0.05, 0) is 17.8 Å². The summed E-state index contributed by atoms with van der Waals surface area (Å²) in [5.41, 5.74) is 0. The Hall–Kier alpha value is -0.780. The molecule has 0 fully saturated rings. The molecular weight excluding hydrogens is 252 g/mol. The van der Waals surface area contributed by atoms with Crippen molar-refractivity contribution in [2.75, 3.05) is 0 Å². The Bertz CT molecular complexity index is 188. The lowest BCUT2D eigenvalue weighted by molar-refractivity contribution is 0.626. The van der Waals surface area contributed by atoms with E-state index in [-0.39, 0.29) is 0 Å². The lowest BCUT2D eigenvalue weighted by Crippen LogP contribution is -1.77. The first-order valence-corrected chi connectivity index (χ1v) is 8.81. The summed E-state index contributed by atoms with van der Waals surface area (Å²) in [6.07, 6.45) is 3.92. The SMILES string of the molecule is CCC(C)C.CCC(C)C.CCC(C)C.c1ccccc1. The summed E-state index contributed by atoms with van der Waals surface area (Å²) in [4.78, 5) is 0. The molecule has 0 N–H and O–H groups in total. The van der Waals surface area contributed by atoms with Gasteiger partial charge in [0.15, 0.2) is 0 Å². The summed E-state index contributed by atoms with van der Waals surface area (Å²) in [6, 6.07) is 12.0. The van der Waals surface area contributed by atoms with Crippen molar-refractivity contribution in [3.63, 3.8) is 0 Å². The fourth-order valence-corrected chi connectivity index (χ4v) is 0.385. The van der Waals surface area contributed by atoms with Gasteiger partial charge in [-0.1, -0.05) is 118 Å². The van der Waals surface area contributed by atoms with Crippen LogP contribution in [0.1, 0.15) is 81.6 Å². The van der Waals surface area contributed by atoms with Gasteiger partial charge in [0.1, 0.15) is 0 Å². The molecule has 1 aromatic rings. The van der Waals surface area contributed by atoms with Crippen LogP contribution >= 0.6 is 0 Å². The molecule has 1 aromatic carbocycles. The predicted molar refractivity (Wildman–Crippen MR) is 102 cm³/mol. The molecule has 0 aliphatic rings. The molecule has 0 radical (unpaired) electrons. The molecule has 0 bridgehead atoms. The molecule has 21 heavy (non-hydrogen) atoms. The molecular formula is C21H42. The Kier molecular flexibility index (Phi) is 25.8. The Morgan fingerprint density at radius 3 is 0.571 bits per heavy atom. The van der Waals surface area contributed by atoms with Gasteiger partial charge in [-0.2, -0.15) is 0 Å². The molecule has 0 atom stereocenters. The first-order valence-electron chi connectivity index (χ1n) is 8.81. The third kappa shape index (κ3) is 45.3. The largest absolute Gasteiger partial charge is 0.0651 e. The van der Waals surface area contributed by atoms with Gasteiger partial charge >= 0.3 is 0 Å². The molecule has 0 nitrogen and oxygen atoms in total. The quantitative estimate of drug-likeness (QED) is 0.532. The molecule has 0 aliphatic heterocycles. The summed E-state index contributed by atoms with van der Waals surface area (Å²) >= 11 is 0. The monoisotopic (exact) mass is 294 g/mol. The van der Waals surface area contributed by atoms with Crippen LogP contribution in [-0.2, 0) is 0 Å². The topological polar surface area (TPSA) is 0 Å². The van der Waals surface area contributed by atoms with Crippen LogP contribution < -0.4 is 0 Å². The Morgan fingerprint density at radius 1 is 0.429 bits per heavy atom. The minimum atomic E-state index is 0.884. The van der Waals surface area contributed by atoms with Gasteiger partial charge < -0.3 is 0 Å². The molecule has 0 spiro atoms. The van der Waals surface area contributed by atoms with Crippen LogP contribution in [0.15, 0.2) is 36.4 Å². The summed E-state index contributed by atoms with van der Waals surface area (Å²) in [5.74, 6) is 2.65. The first-order chi connectivity index (χ1) is 9.81. The third-order valence-electron chi connectivity index (χ3n) is 3.12. The molecule has 126 valence electrons. The summed E-state index contributed by atoms with van der Waals surface area (Å²) in [6.45, 7) is 19.9. The molecule has 0 saturated carbocycles. The van der Waals surface area contributed by atoms with Gasteiger partial charge in [-0.15, -0.1) is 0 Å². The van der Waals surface area contributed by atoms with Crippen LogP contribution in [0.3, 0.4) is 0 Å². The van der Waals surface area contributed by atoms with Crippen LogP contribution in [0, 0.1) is 17.8 Å². The number of benzene rings is 1. The van der Waals surface area contributed by atoms with Crippen molar-refractivity contribution in [1.29, 1.82) is 0 Å². The number of hydrogen-bond acceptors (Lipinski definition) is 0. The van der Waals surface area contributed by atoms with Crippen LogP contribution in [0.4, 0.5) is 0 Å². The lowest BCUT2D eigenvalue weighted by Gasteiger charge is -1.90. The fourth-order valence-electron chi connectivity index (χ4n) is 0.385. The molecule has 0 saturated heterocycles. The van der Waals surface area contributed by atoms with Gasteiger partial charge in [-0.3, -0.25) is 0 Å². The van der Waals surface area contributed by atoms with E-state index in [4.69, 9.17) is 0 Å². The maximum absolute atomic E-state index is 2.22. The summed E-state index contributed by atoms with van der Waals surface area (Å²) in [7, 11) is 0. The summed E-state index contributed by atoms with van der Waals surface area (Å²) < 4.78 is 0. The van der Waals surface area contributed by atoms with Gasteiger partial charge in [0, 0.05) is 0 Å². The van der Waals surface area contributed by atoms with Crippen LogP contribution in [-0.4, -0.2) is 0 Å². The molecule has 0 heterocycles. The van der Waals surface area contributed by atoms with E-state index < -0.39 is 0 Å². The van der Waals surface area contributed by atoms with Gasteiger partial charge in [0.05, 0.1) is 0 Å². The molecule has 0 aliphatic carbocycles. The highest BCUT2D eigenvalue weighted by atomic mass is 13.9. The average Bonchev–Trinajstić information content (AvgIpc) is 2.50. The summed E-state index contributed by atoms with van der Waals surface area (Å²) in [5, 5.41) is 0. The maximum Gasteiger partial charge on any atom is -0.0474 e. The van der Waals surface area contributed by atoms with Crippen molar-refractivity contribution in [3.8, 4) is 0 Å². The molecule has 0 heteroatoms. The highest BCUT2D eigenvalue weighted by Gasteiger charge is 1.80. The third-order valence-corrected chi connectivity index (χ3v) is 3.12. The zero-order valence-electron chi connectivity index (χ0n) is 16.3. The second-order valence-corrected chi connectivity index (χ2v) is 6.56. The van der Waals surface area contributed by atoms with E-state index in [1.807, 2.05) is 36.4 Å². The Balaban J connectivity index is -0.000000207. The standard InChI is InChI=1S/C6H6.3C5H12/c1-2-4-6-5-3-1;3*1-4-5(2)3/h1-6H;3*5H,4H2,1-3H3. The van der Waals surface area contributed by atoms with E-state index in [0.29, 0.717) is 0 Å². The van der Waals surface area contributed by atoms with Crippen LogP contribution in [0.5, 0.6) is 0 Å². The second kappa shape index (κ2) is 21.5. The van der Waals surface area contributed by atoms with Crippen molar-refractivity contribution in [2.24, 2.45) is 17.8 Å². The van der Waals surface area contributed by atoms with E-state index >= 15 is 0 Å². The van der Waals surface area contributed by atoms with Crippen molar-refractivity contribution in [3.05, 3.63) is 36.4 Å². The average molecular weight is 295 g/mol. The minimum absolute atomic E-state index is 0.884. The molecule has 0 amide bonds. The fraction of sp³-hybridized carbons (Fsp3) is 0.714. The molecule has 0 aromatic heterocycles. The van der Waals surface area contributed by atoms with E-state index in [1.54, 1.807) is 0 Å². The van der Waals surface area contributed by atoms with Gasteiger partial charge in [0.2, 0.25) is 0 Å². The second-order valence-electron chi connectivity index (χ2n) is 6.56. The predicted octanol–water partition coefficient (Wildman–Crippen LogP) is 7.84. The number of rotatable bonds is 3. The van der Waals surface area contributed by atoms with Gasteiger partial charge in [0.25, 0.3) is 0 Å².